The van der Waals surface area contributed by atoms with Gasteiger partial charge in [0.2, 0.25) is 0 Å². The van der Waals surface area contributed by atoms with Gasteiger partial charge in [-0.15, -0.1) is 34.0 Å². The standard InChI is InChI=1S/C15H14Br2O6S2.C6H5BrO3S.C5H9F3O3S.CH2O3.2K.H/c1-20-14(18)12-10(8(16)6-24-12)22-4-3-5-23-11-9(17)7-25-13(11)15(19)21-2;1-10-6(9)5-4(8)3(7)2-11-5;1-2-3-4-11-12(9,10)5(6,7)8;2-1-4-3;;;/h6-7H,3-5H2,1-2H3;2,8H,1H3;2-4H2,1H3;1,3H;;;/q;;;;2*+1;-1/p-1. The Labute approximate surface area is 431 Å². The molecule has 0 aromatic carbocycles. The van der Waals surface area contributed by atoms with Crippen molar-refractivity contribution in [2.75, 3.05) is 41.2 Å². The molecule has 1 N–H and O–H groups in total. The van der Waals surface area contributed by atoms with E-state index < -0.39 is 40.1 Å². The quantitative estimate of drug-likeness (QED) is 0.0275. The summed E-state index contributed by atoms with van der Waals surface area (Å²) >= 11 is 13.4. The van der Waals surface area contributed by atoms with Crippen molar-refractivity contribution in [3.63, 3.8) is 0 Å². The summed E-state index contributed by atoms with van der Waals surface area (Å²) in [6.07, 6.45) is 1.43. The number of halogens is 6. The summed E-state index contributed by atoms with van der Waals surface area (Å²) < 4.78 is 85.8. The molecule has 0 saturated heterocycles. The summed E-state index contributed by atoms with van der Waals surface area (Å²) in [7, 11) is -1.45. The summed E-state index contributed by atoms with van der Waals surface area (Å²) in [5, 5.41) is 22.8. The second-order valence-corrected chi connectivity index (χ2v) is 15.3. The minimum Gasteiger partial charge on any atom is -1.00 e. The molecule has 3 heterocycles. The van der Waals surface area contributed by atoms with Crippen LogP contribution in [-0.2, 0) is 38.2 Å². The topological polar surface area (TPSA) is 210 Å². The van der Waals surface area contributed by atoms with Crippen LogP contribution in [0.1, 0.15) is 56.6 Å². The molecule has 0 aliphatic carbocycles. The molecule has 0 spiro atoms. The zero-order chi connectivity index (χ0) is 40.1. The van der Waals surface area contributed by atoms with Crippen molar-refractivity contribution in [2.45, 2.75) is 31.7 Å². The second-order valence-electron chi connectivity index (χ2n) is 8.54. The number of hydrogen-bond acceptors (Lipinski definition) is 18. The first kappa shape index (κ1) is 59.1. The molecule has 0 radical (unpaired) electrons. The molecule has 3 aromatic heterocycles. The van der Waals surface area contributed by atoms with Crippen LogP contribution in [0.25, 0.3) is 0 Å². The number of esters is 3. The van der Waals surface area contributed by atoms with E-state index >= 15 is 0 Å². The zero-order valence-corrected chi connectivity index (χ0v) is 43.4. The Morgan fingerprint density at radius 1 is 0.796 bits per heavy atom. The van der Waals surface area contributed by atoms with Crippen LogP contribution < -0.4 is 118 Å². The van der Waals surface area contributed by atoms with Crippen molar-refractivity contribution in [1.29, 1.82) is 0 Å². The first-order valence-corrected chi connectivity index (χ1v) is 20.0. The van der Waals surface area contributed by atoms with Crippen LogP contribution in [0, 0.1) is 0 Å². The normalized spacial score (nSPS) is 10.1. The molecule has 0 fully saturated rings. The van der Waals surface area contributed by atoms with Crippen molar-refractivity contribution >= 4 is 116 Å². The fourth-order valence-electron chi connectivity index (χ4n) is 2.74. The minimum absolute atomic E-state index is 0. The Hall–Kier alpha value is 0.753. The van der Waals surface area contributed by atoms with E-state index in [0.29, 0.717) is 60.7 Å². The van der Waals surface area contributed by atoms with Gasteiger partial charge in [-0.2, -0.15) is 21.6 Å². The van der Waals surface area contributed by atoms with Crippen LogP contribution in [0.15, 0.2) is 29.6 Å². The van der Waals surface area contributed by atoms with Crippen molar-refractivity contribution in [3.05, 3.63) is 44.2 Å². The van der Waals surface area contributed by atoms with Gasteiger partial charge in [0, 0.05) is 22.6 Å². The van der Waals surface area contributed by atoms with Crippen LogP contribution >= 0.6 is 81.8 Å². The van der Waals surface area contributed by atoms with E-state index in [0.717, 1.165) is 11.3 Å². The number of unbranched alkanes of at least 4 members (excludes halogenated alkanes) is 1. The van der Waals surface area contributed by atoms with E-state index in [1.54, 1.807) is 23.1 Å². The number of thiophene rings is 3. The van der Waals surface area contributed by atoms with Gasteiger partial charge in [0.05, 0.1) is 54.6 Å². The Bertz CT molecular complexity index is 1630. The predicted molar refractivity (Wildman–Crippen MR) is 191 cm³/mol. The van der Waals surface area contributed by atoms with Crippen LogP contribution in [0.3, 0.4) is 0 Å². The maximum Gasteiger partial charge on any atom is 1.00 e. The molecule has 0 unspecified atom stereocenters. The van der Waals surface area contributed by atoms with E-state index in [1.165, 1.54) is 44.0 Å². The molecular weight excluding hydrogens is 1070 g/mol. The Morgan fingerprint density at radius 3 is 1.48 bits per heavy atom. The van der Waals surface area contributed by atoms with Gasteiger partial charge in [0.25, 0.3) is 6.47 Å². The molecule has 27 heteroatoms. The second kappa shape index (κ2) is 31.6. The third kappa shape index (κ3) is 21.1. The number of alkyl halides is 3. The maximum absolute atomic E-state index is 11.7. The first-order chi connectivity index (χ1) is 24.4. The van der Waals surface area contributed by atoms with E-state index in [1.807, 2.05) is 0 Å². The first-order valence-electron chi connectivity index (χ1n) is 13.6. The molecule has 54 heavy (non-hydrogen) atoms. The number of methoxy groups -OCH3 is 3. The molecule has 15 nitrogen and oxygen atoms in total. The van der Waals surface area contributed by atoms with E-state index in [-0.39, 0.29) is 128 Å². The van der Waals surface area contributed by atoms with E-state index in [2.05, 4.69) is 61.6 Å². The summed E-state index contributed by atoms with van der Waals surface area (Å²) in [5.74, 6) is -0.522. The number of carbonyl (C=O) groups is 4. The number of hydrogen-bond donors (Lipinski definition) is 1. The van der Waals surface area contributed by atoms with Gasteiger partial charge in [0.15, 0.2) is 31.9 Å². The van der Waals surface area contributed by atoms with Crippen LogP contribution in [-0.4, -0.2) is 84.6 Å². The molecule has 3 rings (SSSR count). The van der Waals surface area contributed by atoms with Crippen LogP contribution in [0.4, 0.5) is 13.2 Å². The van der Waals surface area contributed by atoms with Gasteiger partial charge >= 0.3 is 136 Å². The van der Waals surface area contributed by atoms with Gasteiger partial charge in [-0.3, -0.25) is 8.98 Å². The average molecular weight is 1100 g/mol. The van der Waals surface area contributed by atoms with Crippen LogP contribution in [0.2, 0.25) is 0 Å². The van der Waals surface area contributed by atoms with Crippen molar-refractivity contribution in [1.82, 2.24) is 0 Å². The van der Waals surface area contributed by atoms with E-state index in [4.69, 9.17) is 29.0 Å². The molecule has 0 bridgehead atoms. The predicted octanol–water partition coefficient (Wildman–Crippen LogP) is 0.966. The number of rotatable bonds is 14. The monoisotopic (exact) mass is 1090 g/mol. The fourth-order valence-corrected chi connectivity index (χ4v) is 7.57. The average Bonchev–Trinajstić information content (AvgIpc) is 3.78. The Morgan fingerprint density at radius 2 is 1.17 bits per heavy atom. The van der Waals surface area contributed by atoms with Crippen LogP contribution in [0.5, 0.6) is 17.2 Å². The molecule has 0 aliphatic heterocycles. The fraction of sp³-hybridized carbons (Fsp3) is 0.407. The third-order valence-corrected chi connectivity index (χ3v) is 11.6. The molecule has 3 aromatic rings. The molecule has 0 amide bonds. The van der Waals surface area contributed by atoms with Gasteiger partial charge in [0.1, 0.15) is 0 Å². The van der Waals surface area contributed by atoms with Crippen molar-refractivity contribution < 1.29 is 188 Å². The zero-order valence-electron chi connectivity index (χ0n) is 30.1. The van der Waals surface area contributed by atoms with Gasteiger partial charge < -0.3 is 40.4 Å². The summed E-state index contributed by atoms with van der Waals surface area (Å²) in [4.78, 5) is 46.5. The molecular formula is C27H30Br3F3K2O15S4. The summed E-state index contributed by atoms with van der Waals surface area (Å²) in [6, 6.07) is 0. The smallest absolute Gasteiger partial charge is 1.00 e. The van der Waals surface area contributed by atoms with E-state index in [9.17, 15) is 41.1 Å². The number of ether oxygens (including phenoxy) is 5. The Balaban J connectivity index is -0.000000365. The van der Waals surface area contributed by atoms with Crippen molar-refractivity contribution in [2.24, 2.45) is 0 Å². The number of aromatic hydroxyl groups is 1. The Kier molecular flexibility index (Phi) is 34.6. The summed E-state index contributed by atoms with van der Waals surface area (Å²) in [6.45, 7) is 1.80. The molecule has 0 aliphatic rings. The molecule has 0 atom stereocenters. The largest absolute Gasteiger partial charge is 1.00 e. The maximum atomic E-state index is 11.7. The third-order valence-electron chi connectivity index (χ3n) is 5.08. The molecule has 0 saturated carbocycles. The van der Waals surface area contributed by atoms with Crippen molar-refractivity contribution in [3.8, 4) is 17.2 Å². The van der Waals surface area contributed by atoms with Gasteiger partial charge in [-0.1, -0.05) is 13.3 Å². The SMILES string of the molecule is CCCCOS(=O)(=O)C(F)(F)F.COC(=O)c1scc(Br)c1O.COC(=O)c1scc(Br)c1OCCCOc1c(Br)csc1C(=O)OC.O=CO[O-].[H-].[K+].[K+]. The minimum atomic E-state index is -5.37. The number of carbonyl (C=O) groups excluding carboxylic acids is 4. The molecule has 296 valence electrons. The van der Waals surface area contributed by atoms with Gasteiger partial charge in [-0.05, 0) is 54.2 Å². The summed E-state index contributed by atoms with van der Waals surface area (Å²) in [5.41, 5.74) is -5.30. The van der Waals surface area contributed by atoms with Gasteiger partial charge in [-0.25, -0.2) is 14.4 Å².